The van der Waals surface area contributed by atoms with Crippen molar-refractivity contribution < 1.29 is 24.1 Å². The third kappa shape index (κ3) is 3.66. The molecule has 2 aliphatic rings. The lowest BCUT2D eigenvalue weighted by atomic mass is 10.1. The van der Waals surface area contributed by atoms with E-state index in [1.54, 1.807) is 13.4 Å². The summed E-state index contributed by atoms with van der Waals surface area (Å²) in [7, 11) is 1.64. The Kier molecular flexibility index (Phi) is 5.11. The van der Waals surface area contributed by atoms with Crippen molar-refractivity contribution in [1.29, 1.82) is 0 Å². The molecule has 4 heterocycles. The number of fused-ring (bicyclic) bond motifs is 2. The van der Waals surface area contributed by atoms with Gasteiger partial charge in [-0.3, -0.25) is 4.57 Å². The molecule has 0 amide bonds. The summed E-state index contributed by atoms with van der Waals surface area (Å²) in [5, 5.41) is 12.5. The van der Waals surface area contributed by atoms with Crippen LogP contribution < -0.4 is 5.32 Å². The first-order valence-corrected chi connectivity index (χ1v) is 10.1. The van der Waals surface area contributed by atoms with Gasteiger partial charge in [-0.05, 0) is 31.5 Å². The van der Waals surface area contributed by atoms with Gasteiger partial charge in [-0.15, -0.1) is 0 Å². The summed E-state index contributed by atoms with van der Waals surface area (Å²) in [5.41, 5.74) is 2.91. The van der Waals surface area contributed by atoms with Crippen LogP contribution in [0, 0.1) is 0 Å². The van der Waals surface area contributed by atoms with Crippen LogP contribution >= 0.6 is 0 Å². The fourth-order valence-corrected chi connectivity index (χ4v) is 4.14. The van der Waals surface area contributed by atoms with Gasteiger partial charge in [0.1, 0.15) is 24.6 Å². The largest absolute Gasteiger partial charge is 0.392 e. The minimum absolute atomic E-state index is 0.00135. The number of methoxy groups -OCH3 is 1. The summed E-state index contributed by atoms with van der Waals surface area (Å²) < 4.78 is 25.6. The Morgan fingerprint density at radius 3 is 2.65 bits per heavy atom. The minimum Gasteiger partial charge on any atom is -0.392 e. The van der Waals surface area contributed by atoms with E-state index in [0.717, 1.165) is 11.3 Å². The average molecular weight is 427 g/mol. The molecule has 31 heavy (non-hydrogen) atoms. The molecular weight excluding hydrogens is 402 g/mol. The molecule has 0 aliphatic carbocycles. The second-order valence-corrected chi connectivity index (χ2v) is 8.11. The number of hydrogen-bond acceptors (Lipinski definition) is 9. The predicted octanol–water partition coefficient (Wildman–Crippen LogP) is 2.13. The smallest absolute Gasteiger partial charge is 0.167 e. The van der Waals surface area contributed by atoms with Crippen molar-refractivity contribution in [2.75, 3.05) is 19.0 Å². The Bertz CT molecular complexity index is 1070. The quantitative estimate of drug-likeness (QED) is 0.611. The number of imidazole rings is 1. The number of hydrogen-bond donors (Lipinski definition) is 2. The summed E-state index contributed by atoms with van der Waals surface area (Å²) in [5.74, 6) is -0.130. The van der Waals surface area contributed by atoms with Gasteiger partial charge in [0.15, 0.2) is 29.0 Å². The highest BCUT2D eigenvalue weighted by atomic mass is 16.8. The van der Waals surface area contributed by atoms with Gasteiger partial charge >= 0.3 is 0 Å². The fourth-order valence-electron chi connectivity index (χ4n) is 4.14. The molecule has 10 heteroatoms. The molecule has 0 saturated carbocycles. The second kappa shape index (κ2) is 7.81. The van der Waals surface area contributed by atoms with Crippen molar-refractivity contribution in [2.45, 2.75) is 50.8 Å². The van der Waals surface area contributed by atoms with E-state index in [-0.39, 0.29) is 24.9 Å². The van der Waals surface area contributed by atoms with Gasteiger partial charge in [0.05, 0.1) is 19.5 Å². The van der Waals surface area contributed by atoms with E-state index in [9.17, 15) is 5.11 Å². The second-order valence-electron chi connectivity index (χ2n) is 8.11. The maximum absolute atomic E-state index is 9.22. The van der Waals surface area contributed by atoms with E-state index in [0.29, 0.717) is 23.6 Å². The van der Waals surface area contributed by atoms with E-state index in [1.807, 2.05) is 42.7 Å². The molecule has 1 aromatic carbocycles. The molecule has 0 radical (unpaired) electrons. The van der Waals surface area contributed by atoms with Gasteiger partial charge in [0.2, 0.25) is 0 Å². The molecule has 10 nitrogen and oxygen atoms in total. The molecule has 2 fully saturated rings. The van der Waals surface area contributed by atoms with E-state index < -0.39 is 12.0 Å². The number of aromatic nitrogens is 4. The molecule has 164 valence electrons. The van der Waals surface area contributed by atoms with E-state index >= 15 is 0 Å². The van der Waals surface area contributed by atoms with Crippen molar-refractivity contribution in [2.24, 2.45) is 0 Å². The van der Waals surface area contributed by atoms with Crippen molar-refractivity contribution in [1.82, 2.24) is 19.5 Å². The van der Waals surface area contributed by atoms with Gasteiger partial charge in [-0.25, -0.2) is 15.0 Å². The third-order valence-corrected chi connectivity index (χ3v) is 5.49. The van der Waals surface area contributed by atoms with E-state index in [2.05, 4.69) is 20.3 Å². The van der Waals surface area contributed by atoms with Crippen LogP contribution in [-0.2, 0) is 25.6 Å². The molecule has 0 bridgehead atoms. The molecule has 2 N–H and O–H groups in total. The number of ether oxygens (including phenoxy) is 4. The lowest BCUT2D eigenvalue weighted by Gasteiger charge is -2.24. The normalized spacial score (nSPS) is 27.0. The van der Waals surface area contributed by atoms with E-state index in [4.69, 9.17) is 18.9 Å². The van der Waals surface area contributed by atoms with Crippen LogP contribution in [0.5, 0.6) is 0 Å². The number of nitrogens with one attached hydrogen (secondary N) is 1. The maximum Gasteiger partial charge on any atom is 0.167 e. The number of rotatable bonds is 6. The highest BCUT2D eigenvalue weighted by Crippen LogP contribution is 2.44. The van der Waals surface area contributed by atoms with Crippen LogP contribution in [0.2, 0.25) is 0 Å². The fraction of sp³-hybridized carbons (Fsp3) is 0.476. The SMILES string of the molecule is COCC1OC(n2cnc3c(Nc4ccc(CO)cc4)ncnc32)[C@@H]2OC(C)(C)O[C@H]12. The van der Waals surface area contributed by atoms with Crippen molar-refractivity contribution in [3.63, 3.8) is 0 Å². The Labute approximate surface area is 179 Å². The Morgan fingerprint density at radius 2 is 1.90 bits per heavy atom. The van der Waals surface area contributed by atoms with Crippen LogP contribution in [0.25, 0.3) is 11.2 Å². The maximum atomic E-state index is 9.22. The first-order valence-electron chi connectivity index (χ1n) is 10.1. The number of anilines is 2. The molecule has 2 unspecified atom stereocenters. The first kappa shape index (κ1) is 20.3. The van der Waals surface area contributed by atoms with Gasteiger partial charge < -0.3 is 29.4 Å². The highest BCUT2D eigenvalue weighted by molar-refractivity contribution is 5.85. The van der Waals surface area contributed by atoms with Crippen LogP contribution in [0.3, 0.4) is 0 Å². The zero-order valence-corrected chi connectivity index (χ0v) is 17.6. The Morgan fingerprint density at radius 1 is 1.13 bits per heavy atom. The van der Waals surface area contributed by atoms with Gasteiger partial charge in [-0.1, -0.05) is 12.1 Å². The molecule has 3 aromatic rings. The summed E-state index contributed by atoms with van der Waals surface area (Å²) in [6, 6.07) is 7.45. The lowest BCUT2D eigenvalue weighted by molar-refractivity contribution is -0.200. The number of aliphatic hydroxyl groups is 1. The highest BCUT2D eigenvalue weighted by Gasteiger charge is 2.56. The van der Waals surface area contributed by atoms with Crippen LogP contribution in [0.1, 0.15) is 25.6 Å². The molecule has 5 rings (SSSR count). The van der Waals surface area contributed by atoms with Crippen LogP contribution in [0.15, 0.2) is 36.9 Å². The Balaban J connectivity index is 1.46. The lowest BCUT2D eigenvalue weighted by Crippen LogP contribution is -2.32. The first-order chi connectivity index (χ1) is 15.0. The topological polar surface area (TPSA) is 113 Å². The van der Waals surface area contributed by atoms with Crippen molar-refractivity contribution in [3.8, 4) is 0 Å². The Hall–Kier alpha value is -2.63. The molecule has 4 atom stereocenters. The zero-order valence-electron chi connectivity index (χ0n) is 17.6. The average Bonchev–Trinajstić information content (AvgIpc) is 3.41. The summed E-state index contributed by atoms with van der Waals surface area (Å²) >= 11 is 0. The summed E-state index contributed by atoms with van der Waals surface area (Å²) in [4.78, 5) is 13.3. The van der Waals surface area contributed by atoms with Crippen molar-refractivity contribution in [3.05, 3.63) is 42.5 Å². The summed E-state index contributed by atoms with van der Waals surface area (Å²) in [6.07, 6.45) is 1.89. The van der Waals surface area contributed by atoms with Gasteiger partial charge in [-0.2, -0.15) is 0 Å². The molecular formula is C21H25N5O5. The monoisotopic (exact) mass is 427 g/mol. The number of benzene rings is 1. The number of aliphatic hydroxyl groups excluding tert-OH is 1. The van der Waals surface area contributed by atoms with E-state index in [1.165, 1.54) is 6.33 Å². The molecule has 2 aromatic heterocycles. The molecule has 0 spiro atoms. The zero-order chi connectivity index (χ0) is 21.6. The van der Waals surface area contributed by atoms with Gasteiger partial charge in [0.25, 0.3) is 0 Å². The third-order valence-electron chi connectivity index (χ3n) is 5.49. The molecule has 2 aliphatic heterocycles. The predicted molar refractivity (Wildman–Crippen MR) is 111 cm³/mol. The van der Waals surface area contributed by atoms with Crippen LogP contribution in [0.4, 0.5) is 11.5 Å². The molecule has 2 saturated heterocycles. The minimum atomic E-state index is -0.706. The van der Waals surface area contributed by atoms with Gasteiger partial charge in [0, 0.05) is 12.8 Å². The standard InChI is InChI=1S/C21H25N5O5/c1-21(2)30-16-14(9-28-3)29-20(17(16)31-21)26-11-24-15-18(22-10-23-19(15)26)25-13-6-4-12(8-27)5-7-13/h4-7,10-11,14,16-17,20,27H,8-9H2,1-3H3,(H,22,23,25)/t14?,16-,17-,20?/m1/s1. The number of nitrogens with zero attached hydrogens (tertiary/aromatic N) is 4. The summed E-state index contributed by atoms with van der Waals surface area (Å²) in [6.45, 7) is 4.18. The van der Waals surface area contributed by atoms with Crippen molar-refractivity contribution >= 4 is 22.7 Å². The van der Waals surface area contributed by atoms with Crippen LogP contribution in [-0.4, -0.2) is 62.4 Å².